The molecule has 2 aromatic rings. The van der Waals surface area contributed by atoms with Gasteiger partial charge < -0.3 is 19.5 Å². The molecule has 2 aromatic carbocycles. The molecular formula is C20H23NO4. The van der Waals surface area contributed by atoms with Crippen molar-refractivity contribution in [2.45, 2.75) is 13.2 Å². The second kappa shape index (κ2) is 9.49. The number of nitrogens with one attached hydrogen (secondary N) is 1. The fourth-order valence-electron chi connectivity index (χ4n) is 2.40. The van der Waals surface area contributed by atoms with E-state index in [1.54, 1.807) is 33.5 Å². The number of hydrogen-bond acceptors (Lipinski definition) is 4. The van der Waals surface area contributed by atoms with Crippen LogP contribution in [-0.4, -0.2) is 27.2 Å². The van der Waals surface area contributed by atoms with Crippen LogP contribution >= 0.6 is 0 Å². The average molecular weight is 341 g/mol. The average Bonchev–Trinajstić information content (AvgIpc) is 2.65. The SMILES string of the molecule is COCc1ccccc1CNC(=O)/C=C/c1ccc(OC)c(OC)c1. The molecule has 0 aliphatic rings. The van der Waals surface area contributed by atoms with Crippen LogP contribution in [0.4, 0.5) is 0 Å². The van der Waals surface area contributed by atoms with Crippen LogP contribution in [0.3, 0.4) is 0 Å². The van der Waals surface area contributed by atoms with E-state index in [4.69, 9.17) is 14.2 Å². The molecular weight excluding hydrogens is 318 g/mol. The summed E-state index contributed by atoms with van der Waals surface area (Å²) < 4.78 is 15.6. The molecule has 0 saturated carbocycles. The zero-order chi connectivity index (χ0) is 18.1. The van der Waals surface area contributed by atoms with E-state index in [0.29, 0.717) is 24.7 Å². The number of ether oxygens (including phenoxy) is 3. The highest BCUT2D eigenvalue weighted by molar-refractivity contribution is 5.91. The second-order valence-corrected chi connectivity index (χ2v) is 5.37. The molecule has 0 atom stereocenters. The summed E-state index contributed by atoms with van der Waals surface area (Å²) >= 11 is 0. The Balaban J connectivity index is 1.97. The van der Waals surface area contributed by atoms with E-state index < -0.39 is 0 Å². The van der Waals surface area contributed by atoms with E-state index in [1.165, 1.54) is 6.08 Å². The summed E-state index contributed by atoms with van der Waals surface area (Å²) in [6, 6.07) is 13.3. The lowest BCUT2D eigenvalue weighted by Gasteiger charge is -2.09. The molecule has 0 radical (unpaired) electrons. The van der Waals surface area contributed by atoms with Crippen molar-refractivity contribution >= 4 is 12.0 Å². The molecule has 0 aromatic heterocycles. The summed E-state index contributed by atoms with van der Waals surface area (Å²) in [7, 11) is 4.82. The topological polar surface area (TPSA) is 56.8 Å². The molecule has 1 amide bonds. The van der Waals surface area contributed by atoms with Gasteiger partial charge in [-0.25, -0.2) is 0 Å². The van der Waals surface area contributed by atoms with Gasteiger partial charge in [-0.2, -0.15) is 0 Å². The zero-order valence-corrected chi connectivity index (χ0v) is 14.7. The van der Waals surface area contributed by atoms with Gasteiger partial charge in [0.25, 0.3) is 0 Å². The number of benzene rings is 2. The molecule has 0 aliphatic carbocycles. The van der Waals surface area contributed by atoms with E-state index in [1.807, 2.05) is 36.4 Å². The maximum atomic E-state index is 12.1. The van der Waals surface area contributed by atoms with Crippen LogP contribution in [0.2, 0.25) is 0 Å². The monoisotopic (exact) mass is 341 g/mol. The van der Waals surface area contributed by atoms with Crippen molar-refractivity contribution in [3.8, 4) is 11.5 Å². The van der Waals surface area contributed by atoms with E-state index in [-0.39, 0.29) is 5.91 Å². The number of carbonyl (C=O) groups excluding carboxylic acids is 1. The van der Waals surface area contributed by atoms with E-state index in [2.05, 4.69) is 5.32 Å². The van der Waals surface area contributed by atoms with Gasteiger partial charge in [0.15, 0.2) is 11.5 Å². The van der Waals surface area contributed by atoms with Crippen LogP contribution in [-0.2, 0) is 22.7 Å². The molecule has 0 aliphatic heterocycles. The number of methoxy groups -OCH3 is 3. The van der Waals surface area contributed by atoms with Crippen LogP contribution in [0.5, 0.6) is 11.5 Å². The van der Waals surface area contributed by atoms with Crippen molar-refractivity contribution in [2.24, 2.45) is 0 Å². The second-order valence-electron chi connectivity index (χ2n) is 5.37. The molecule has 0 heterocycles. The molecule has 1 N–H and O–H groups in total. The number of amides is 1. The minimum absolute atomic E-state index is 0.165. The van der Waals surface area contributed by atoms with Crippen LogP contribution in [0, 0.1) is 0 Å². The normalized spacial score (nSPS) is 10.7. The van der Waals surface area contributed by atoms with Crippen molar-refractivity contribution in [2.75, 3.05) is 21.3 Å². The molecule has 5 nitrogen and oxygen atoms in total. The number of hydrogen-bond donors (Lipinski definition) is 1. The van der Waals surface area contributed by atoms with Gasteiger partial charge in [0, 0.05) is 19.7 Å². The minimum Gasteiger partial charge on any atom is -0.493 e. The Morgan fingerprint density at radius 2 is 1.72 bits per heavy atom. The number of carbonyl (C=O) groups is 1. The highest BCUT2D eigenvalue weighted by Crippen LogP contribution is 2.27. The summed E-state index contributed by atoms with van der Waals surface area (Å²) in [4.78, 5) is 12.1. The van der Waals surface area contributed by atoms with E-state index >= 15 is 0 Å². The lowest BCUT2D eigenvalue weighted by atomic mass is 10.1. The predicted octanol–water partition coefficient (Wildman–Crippen LogP) is 3.18. The lowest BCUT2D eigenvalue weighted by molar-refractivity contribution is -0.116. The maximum Gasteiger partial charge on any atom is 0.244 e. The van der Waals surface area contributed by atoms with Gasteiger partial charge in [-0.15, -0.1) is 0 Å². The standard InChI is InChI=1S/C20H23NO4/c1-23-14-17-7-5-4-6-16(17)13-21-20(22)11-9-15-8-10-18(24-2)19(12-15)25-3/h4-12H,13-14H2,1-3H3,(H,21,22)/b11-9+. The van der Waals surface area contributed by atoms with Crippen molar-refractivity contribution in [1.82, 2.24) is 5.32 Å². The third-order valence-corrected chi connectivity index (χ3v) is 3.71. The van der Waals surface area contributed by atoms with Gasteiger partial charge in [0.2, 0.25) is 5.91 Å². The first kappa shape index (κ1) is 18.5. The van der Waals surface area contributed by atoms with E-state index in [0.717, 1.165) is 16.7 Å². The third kappa shape index (κ3) is 5.36. The highest BCUT2D eigenvalue weighted by atomic mass is 16.5. The lowest BCUT2D eigenvalue weighted by Crippen LogP contribution is -2.21. The maximum absolute atomic E-state index is 12.1. The quantitative estimate of drug-likeness (QED) is 0.749. The van der Waals surface area contributed by atoms with Crippen LogP contribution < -0.4 is 14.8 Å². The summed E-state index contributed by atoms with van der Waals surface area (Å²) in [5.41, 5.74) is 2.96. The fraction of sp³-hybridized carbons (Fsp3) is 0.250. The van der Waals surface area contributed by atoms with Crippen LogP contribution in [0.15, 0.2) is 48.5 Å². The van der Waals surface area contributed by atoms with E-state index in [9.17, 15) is 4.79 Å². The Morgan fingerprint density at radius 3 is 2.40 bits per heavy atom. The first-order chi connectivity index (χ1) is 12.2. The largest absolute Gasteiger partial charge is 0.493 e. The van der Waals surface area contributed by atoms with Crippen molar-refractivity contribution in [3.63, 3.8) is 0 Å². The molecule has 0 unspecified atom stereocenters. The van der Waals surface area contributed by atoms with Gasteiger partial charge in [-0.3, -0.25) is 4.79 Å². The van der Waals surface area contributed by atoms with Crippen LogP contribution in [0.25, 0.3) is 6.08 Å². The smallest absolute Gasteiger partial charge is 0.244 e. The van der Waals surface area contributed by atoms with Crippen LogP contribution in [0.1, 0.15) is 16.7 Å². The molecule has 0 bridgehead atoms. The first-order valence-corrected chi connectivity index (χ1v) is 7.91. The fourth-order valence-corrected chi connectivity index (χ4v) is 2.40. The summed E-state index contributed by atoms with van der Waals surface area (Å²) in [6.07, 6.45) is 3.23. The van der Waals surface area contributed by atoms with Gasteiger partial charge in [0.05, 0.1) is 20.8 Å². The predicted molar refractivity (Wildman–Crippen MR) is 97.6 cm³/mol. The molecule has 25 heavy (non-hydrogen) atoms. The highest BCUT2D eigenvalue weighted by Gasteiger charge is 2.04. The number of rotatable bonds is 8. The Hall–Kier alpha value is -2.79. The Morgan fingerprint density at radius 1 is 1.00 bits per heavy atom. The molecule has 0 spiro atoms. The Labute approximate surface area is 148 Å². The zero-order valence-electron chi connectivity index (χ0n) is 14.7. The van der Waals surface area contributed by atoms with Gasteiger partial charge in [-0.05, 0) is 34.9 Å². The first-order valence-electron chi connectivity index (χ1n) is 7.91. The summed E-state index contributed by atoms with van der Waals surface area (Å²) in [5, 5.41) is 2.88. The van der Waals surface area contributed by atoms with Gasteiger partial charge >= 0.3 is 0 Å². The summed E-state index contributed by atoms with van der Waals surface area (Å²) in [6.45, 7) is 0.974. The van der Waals surface area contributed by atoms with Gasteiger partial charge in [-0.1, -0.05) is 30.3 Å². The molecule has 5 heteroatoms. The molecule has 132 valence electrons. The van der Waals surface area contributed by atoms with Crippen molar-refractivity contribution in [1.29, 1.82) is 0 Å². The Kier molecular flexibility index (Phi) is 7.04. The molecule has 2 rings (SSSR count). The molecule has 0 saturated heterocycles. The van der Waals surface area contributed by atoms with Crippen molar-refractivity contribution in [3.05, 3.63) is 65.2 Å². The Bertz CT molecular complexity index is 740. The third-order valence-electron chi connectivity index (χ3n) is 3.71. The summed E-state index contributed by atoms with van der Waals surface area (Å²) in [5.74, 6) is 1.11. The molecule has 0 fully saturated rings. The van der Waals surface area contributed by atoms with Gasteiger partial charge in [0.1, 0.15) is 0 Å². The minimum atomic E-state index is -0.165. The van der Waals surface area contributed by atoms with Crippen molar-refractivity contribution < 1.29 is 19.0 Å².